The van der Waals surface area contributed by atoms with Crippen molar-refractivity contribution in [2.75, 3.05) is 18.0 Å². The van der Waals surface area contributed by atoms with E-state index in [4.69, 9.17) is 0 Å². The molecule has 0 aromatic heterocycles. The van der Waals surface area contributed by atoms with Crippen molar-refractivity contribution in [2.45, 2.75) is 65.2 Å². The SMILES string of the molecule is CCN(CC)c1ccc(C(=O)NNC(=O)CCCC2CCCCC2)cc1. The van der Waals surface area contributed by atoms with Crippen molar-refractivity contribution in [1.29, 1.82) is 0 Å². The van der Waals surface area contributed by atoms with Crippen LogP contribution in [0.2, 0.25) is 0 Å². The minimum absolute atomic E-state index is 0.117. The van der Waals surface area contributed by atoms with Crippen LogP contribution in [0.5, 0.6) is 0 Å². The van der Waals surface area contributed by atoms with Crippen LogP contribution in [0.25, 0.3) is 0 Å². The standard InChI is InChI=1S/C21H33N3O2/c1-3-24(4-2)19-15-13-18(14-16-19)21(26)23-22-20(25)12-8-11-17-9-6-5-7-10-17/h13-17H,3-12H2,1-2H3,(H,22,25)(H,23,26). The maximum atomic E-state index is 12.2. The first kappa shape index (κ1) is 20.3. The Bertz CT molecular complexity index is 561. The number of amides is 2. The van der Waals surface area contributed by atoms with Crippen molar-refractivity contribution in [3.8, 4) is 0 Å². The molecule has 5 nitrogen and oxygen atoms in total. The molecule has 26 heavy (non-hydrogen) atoms. The zero-order valence-electron chi connectivity index (χ0n) is 16.2. The molecule has 144 valence electrons. The highest BCUT2D eigenvalue weighted by Gasteiger charge is 2.14. The Balaban J connectivity index is 1.69. The van der Waals surface area contributed by atoms with Crippen LogP contribution < -0.4 is 15.8 Å². The summed E-state index contributed by atoms with van der Waals surface area (Å²) in [6, 6.07) is 7.46. The molecule has 2 rings (SSSR count). The number of anilines is 1. The summed E-state index contributed by atoms with van der Waals surface area (Å²) >= 11 is 0. The second kappa shape index (κ2) is 10.8. The summed E-state index contributed by atoms with van der Waals surface area (Å²) in [5.41, 5.74) is 6.68. The van der Waals surface area contributed by atoms with Crippen LogP contribution in [0.4, 0.5) is 5.69 Å². The molecule has 2 N–H and O–H groups in total. The molecule has 0 radical (unpaired) electrons. The summed E-state index contributed by atoms with van der Waals surface area (Å²) in [5.74, 6) is 0.390. The van der Waals surface area contributed by atoms with Gasteiger partial charge in [-0.25, -0.2) is 0 Å². The smallest absolute Gasteiger partial charge is 0.269 e. The predicted molar refractivity (Wildman–Crippen MR) is 106 cm³/mol. The fraction of sp³-hybridized carbons (Fsp3) is 0.619. The van der Waals surface area contributed by atoms with Crippen LogP contribution in [-0.2, 0) is 4.79 Å². The molecule has 1 aliphatic rings. The third-order valence-electron chi connectivity index (χ3n) is 5.31. The summed E-state index contributed by atoms with van der Waals surface area (Å²) in [5, 5.41) is 0. The summed E-state index contributed by atoms with van der Waals surface area (Å²) in [6.07, 6.45) is 9.12. The highest BCUT2D eigenvalue weighted by molar-refractivity contribution is 5.95. The molecule has 1 aliphatic carbocycles. The van der Waals surface area contributed by atoms with Gasteiger partial charge in [0, 0.05) is 30.8 Å². The molecule has 2 amide bonds. The van der Waals surface area contributed by atoms with E-state index in [1.807, 2.05) is 12.1 Å². The highest BCUT2D eigenvalue weighted by atomic mass is 16.2. The fourth-order valence-corrected chi connectivity index (χ4v) is 3.70. The van der Waals surface area contributed by atoms with E-state index in [-0.39, 0.29) is 11.8 Å². The first-order valence-corrected chi connectivity index (χ1v) is 10.1. The minimum Gasteiger partial charge on any atom is -0.372 e. The highest BCUT2D eigenvalue weighted by Crippen LogP contribution is 2.27. The number of rotatable bonds is 8. The first-order chi connectivity index (χ1) is 12.6. The molecule has 5 heteroatoms. The van der Waals surface area contributed by atoms with Crippen LogP contribution in [0.3, 0.4) is 0 Å². The Morgan fingerprint density at radius 2 is 1.65 bits per heavy atom. The molecule has 0 unspecified atom stereocenters. The zero-order valence-corrected chi connectivity index (χ0v) is 16.2. The first-order valence-electron chi connectivity index (χ1n) is 10.1. The lowest BCUT2D eigenvalue weighted by Gasteiger charge is -2.21. The molecular weight excluding hydrogens is 326 g/mol. The maximum Gasteiger partial charge on any atom is 0.269 e. The van der Waals surface area contributed by atoms with E-state index < -0.39 is 0 Å². The van der Waals surface area contributed by atoms with Gasteiger partial charge in [0.25, 0.3) is 5.91 Å². The zero-order chi connectivity index (χ0) is 18.8. The molecule has 1 fully saturated rings. The minimum atomic E-state index is -0.281. The van der Waals surface area contributed by atoms with Crippen LogP contribution in [0.15, 0.2) is 24.3 Å². The number of nitrogens with one attached hydrogen (secondary N) is 2. The molecule has 0 atom stereocenters. The summed E-state index contributed by atoms with van der Waals surface area (Å²) in [7, 11) is 0. The normalized spacial score (nSPS) is 14.7. The molecule has 1 saturated carbocycles. The lowest BCUT2D eigenvalue weighted by molar-refractivity contribution is -0.122. The number of hydrazine groups is 1. The Hall–Kier alpha value is -2.04. The summed E-state index contributed by atoms with van der Waals surface area (Å²) in [6.45, 7) is 6.07. The Kier molecular flexibility index (Phi) is 8.45. The second-order valence-electron chi connectivity index (χ2n) is 7.12. The third-order valence-corrected chi connectivity index (χ3v) is 5.31. The van der Waals surface area contributed by atoms with Crippen molar-refractivity contribution < 1.29 is 9.59 Å². The summed E-state index contributed by atoms with van der Waals surface area (Å²) < 4.78 is 0. The molecule has 1 aromatic rings. The number of benzene rings is 1. The number of nitrogens with zero attached hydrogens (tertiary/aromatic N) is 1. The van der Waals surface area contributed by atoms with E-state index in [9.17, 15) is 9.59 Å². The van der Waals surface area contributed by atoms with Gasteiger partial charge in [0.15, 0.2) is 0 Å². The number of hydrogen-bond acceptors (Lipinski definition) is 3. The van der Waals surface area contributed by atoms with E-state index in [0.29, 0.717) is 12.0 Å². The Morgan fingerprint density at radius 1 is 1.00 bits per heavy atom. The maximum absolute atomic E-state index is 12.2. The Morgan fingerprint density at radius 3 is 2.27 bits per heavy atom. The van der Waals surface area contributed by atoms with Crippen molar-refractivity contribution in [1.82, 2.24) is 10.9 Å². The van der Waals surface area contributed by atoms with Gasteiger partial charge in [0.05, 0.1) is 0 Å². The van der Waals surface area contributed by atoms with E-state index in [2.05, 4.69) is 29.6 Å². The lowest BCUT2D eigenvalue weighted by atomic mass is 9.86. The van der Waals surface area contributed by atoms with Crippen LogP contribution in [0, 0.1) is 5.92 Å². The fourth-order valence-electron chi connectivity index (χ4n) is 3.70. The summed E-state index contributed by atoms with van der Waals surface area (Å²) in [4.78, 5) is 26.3. The third kappa shape index (κ3) is 6.36. The molecule has 0 spiro atoms. The number of hydrogen-bond donors (Lipinski definition) is 2. The topological polar surface area (TPSA) is 61.4 Å². The van der Waals surface area contributed by atoms with E-state index in [1.165, 1.54) is 32.1 Å². The number of carbonyl (C=O) groups is 2. The monoisotopic (exact) mass is 359 g/mol. The number of carbonyl (C=O) groups excluding carboxylic acids is 2. The predicted octanol–water partition coefficient (Wildman–Crippen LogP) is 4.04. The largest absolute Gasteiger partial charge is 0.372 e. The molecule has 1 aromatic carbocycles. The molecular formula is C21H33N3O2. The van der Waals surface area contributed by atoms with Gasteiger partial charge in [-0.15, -0.1) is 0 Å². The molecule has 0 heterocycles. The average Bonchev–Trinajstić information content (AvgIpc) is 2.68. The van der Waals surface area contributed by atoms with Crippen LogP contribution in [0.1, 0.15) is 75.6 Å². The second-order valence-corrected chi connectivity index (χ2v) is 7.12. The van der Waals surface area contributed by atoms with Crippen molar-refractivity contribution in [3.63, 3.8) is 0 Å². The Labute approximate surface area is 157 Å². The van der Waals surface area contributed by atoms with Gasteiger partial charge in [0.2, 0.25) is 5.91 Å². The van der Waals surface area contributed by atoms with Crippen molar-refractivity contribution in [3.05, 3.63) is 29.8 Å². The van der Waals surface area contributed by atoms with Gasteiger partial charge >= 0.3 is 0 Å². The van der Waals surface area contributed by atoms with Crippen LogP contribution in [-0.4, -0.2) is 24.9 Å². The molecule has 0 bridgehead atoms. The van der Waals surface area contributed by atoms with Gasteiger partial charge < -0.3 is 4.90 Å². The molecule has 0 saturated heterocycles. The molecule has 0 aliphatic heterocycles. The van der Waals surface area contributed by atoms with E-state index >= 15 is 0 Å². The van der Waals surface area contributed by atoms with Gasteiger partial charge in [-0.1, -0.05) is 32.1 Å². The quantitative estimate of drug-likeness (QED) is 0.689. The van der Waals surface area contributed by atoms with Crippen LogP contribution >= 0.6 is 0 Å². The van der Waals surface area contributed by atoms with Crippen molar-refractivity contribution in [2.24, 2.45) is 5.92 Å². The van der Waals surface area contributed by atoms with E-state index in [1.54, 1.807) is 12.1 Å². The van der Waals surface area contributed by atoms with Gasteiger partial charge in [-0.3, -0.25) is 20.4 Å². The van der Waals surface area contributed by atoms with Gasteiger partial charge in [0.1, 0.15) is 0 Å². The van der Waals surface area contributed by atoms with E-state index in [0.717, 1.165) is 37.5 Å². The van der Waals surface area contributed by atoms with Crippen molar-refractivity contribution >= 4 is 17.5 Å². The van der Waals surface area contributed by atoms with Gasteiger partial charge in [-0.2, -0.15) is 0 Å². The lowest BCUT2D eigenvalue weighted by Crippen LogP contribution is -2.41. The average molecular weight is 360 g/mol. The van der Waals surface area contributed by atoms with Gasteiger partial charge in [-0.05, 0) is 56.9 Å².